The molecule has 0 aliphatic heterocycles. The molecule has 0 saturated heterocycles. The van der Waals surface area contributed by atoms with Gasteiger partial charge in [-0.2, -0.15) is 8.42 Å². The Labute approximate surface area is 113 Å². The van der Waals surface area contributed by atoms with Gasteiger partial charge in [0, 0.05) is 0 Å². The van der Waals surface area contributed by atoms with Crippen LogP contribution in [0.4, 0.5) is 0 Å². The topological polar surface area (TPSA) is 78.9 Å². The first-order chi connectivity index (χ1) is 8.93. The summed E-state index contributed by atoms with van der Waals surface area (Å²) in [6.45, 7) is 3.56. The van der Waals surface area contributed by atoms with Gasteiger partial charge in [0.2, 0.25) is 0 Å². The lowest BCUT2D eigenvalue weighted by molar-refractivity contribution is 0.198. The van der Waals surface area contributed by atoms with Crippen LogP contribution in [0.2, 0.25) is 0 Å². The minimum Gasteiger partial charge on any atom is -0.307 e. The predicted molar refractivity (Wildman–Crippen MR) is 70.4 cm³/mol. The molecule has 0 amide bonds. The summed E-state index contributed by atoms with van der Waals surface area (Å²) in [5, 5.41) is 0. The molecule has 1 aromatic rings. The fourth-order valence-corrected chi connectivity index (χ4v) is 4.00. The molecule has 19 heavy (non-hydrogen) atoms. The lowest BCUT2D eigenvalue weighted by Crippen LogP contribution is -2.10. The molecule has 1 rings (SSSR count). The van der Waals surface area contributed by atoms with Gasteiger partial charge in [0.1, 0.15) is 0 Å². The summed E-state index contributed by atoms with van der Waals surface area (Å²) in [6.07, 6.45) is -0.633. The van der Waals surface area contributed by atoms with Gasteiger partial charge in [-0.1, -0.05) is 18.2 Å². The number of hydrogen-bond acceptors (Lipinski definition) is 6. The van der Waals surface area contributed by atoms with Gasteiger partial charge in [-0.15, -0.1) is 0 Å². The fourth-order valence-electron chi connectivity index (χ4n) is 1.29. The normalized spacial score (nSPS) is 12.5. The van der Waals surface area contributed by atoms with Gasteiger partial charge in [0.25, 0.3) is 10.1 Å². The van der Waals surface area contributed by atoms with Gasteiger partial charge in [0.05, 0.1) is 18.1 Å². The Hall–Kier alpha value is -0.720. The van der Waals surface area contributed by atoms with Crippen molar-refractivity contribution in [3.8, 4) is 0 Å². The van der Waals surface area contributed by atoms with Crippen LogP contribution in [0.15, 0.2) is 35.2 Å². The molecule has 0 heterocycles. The van der Waals surface area contributed by atoms with Crippen LogP contribution in [-0.4, -0.2) is 28.0 Å². The van der Waals surface area contributed by atoms with Crippen LogP contribution in [0.3, 0.4) is 0 Å². The quantitative estimate of drug-likeness (QED) is 0.542. The molecule has 0 unspecified atom stereocenters. The average Bonchev–Trinajstić information content (AvgIpc) is 2.38. The minimum atomic E-state index is -3.96. The van der Waals surface area contributed by atoms with Crippen molar-refractivity contribution < 1.29 is 26.2 Å². The first-order valence-corrected chi connectivity index (χ1v) is 8.90. The third-order valence-electron chi connectivity index (χ3n) is 2.05. The number of benzene rings is 1. The second-order valence-electron chi connectivity index (χ2n) is 3.46. The number of hydrogen-bond donors (Lipinski definition) is 0. The second-order valence-corrected chi connectivity index (χ2v) is 7.07. The van der Waals surface area contributed by atoms with Gasteiger partial charge >= 0.3 is 7.60 Å². The van der Waals surface area contributed by atoms with E-state index in [-0.39, 0.29) is 18.1 Å². The Bertz CT molecular complexity index is 517. The van der Waals surface area contributed by atoms with E-state index in [0.29, 0.717) is 0 Å². The highest BCUT2D eigenvalue weighted by Gasteiger charge is 2.28. The standard InChI is InChI=1S/C11H17O6PS/c1-3-15-18(12,16-4-2)10-17-19(13,14)11-8-6-5-7-9-11/h5-9H,3-4,10H2,1-2H3. The SMILES string of the molecule is CCOP(=O)(COS(=O)(=O)c1ccccc1)OCC. The highest BCUT2D eigenvalue weighted by Crippen LogP contribution is 2.48. The van der Waals surface area contributed by atoms with Crippen LogP contribution in [0.5, 0.6) is 0 Å². The molecule has 0 bridgehead atoms. The Morgan fingerprint density at radius 1 is 1.05 bits per heavy atom. The van der Waals surface area contributed by atoms with Crippen LogP contribution >= 0.6 is 7.60 Å². The first-order valence-electron chi connectivity index (χ1n) is 5.76. The Morgan fingerprint density at radius 3 is 2.05 bits per heavy atom. The lowest BCUT2D eigenvalue weighted by atomic mass is 10.4. The molecular weight excluding hydrogens is 291 g/mol. The zero-order valence-corrected chi connectivity index (χ0v) is 12.5. The van der Waals surface area contributed by atoms with E-state index >= 15 is 0 Å². The van der Waals surface area contributed by atoms with Crippen molar-refractivity contribution in [1.29, 1.82) is 0 Å². The molecule has 0 aliphatic carbocycles. The zero-order chi connectivity index (χ0) is 14.4. The molecular formula is C11H17O6PS. The molecule has 0 spiro atoms. The third-order valence-corrected chi connectivity index (χ3v) is 5.25. The maximum atomic E-state index is 12.1. The van der Waals surface area contributed by atoms with E-state index in [4.69, 9.17) is 13.2 Å². The van der Waals surface area contributed by atoms with Gasteiger partial charge < -0.3 is 9.05 Å². The Kier molecular flexibility index (Phi) is 6.16. The van der Waals surface area contributed by atoms with Gasteiger partial charge in [-0.25, -0.2) is 0 Å². The molecule has 6 nitrogen and oxygen atoms in total. The van der Waals surface area contributed by atoms with E-state index in [2.05, 4.69) is 0 Å². The summed E-state index contributed by atoms with van der Waals surface area (Å²) >= 11 is 0. The van der Waals surface area contributed by atoms with E-state index < -0.39 is 24.1 Å². The van der Waals surface area contributed by atoms with Crippen molar-refractivity contribution in [2.24, 2.45) is 0 Å². The van der Waals surface area contributed by atoms with Crippen molar-refractivity contribution in [2.75, 3.05) is 19.6 Å². The second kappa shape index (κ2) is 7.17. The molecule has 0 radical (unpaired) electrons. The summed E-state index contributed by atoms with van der Waals surface area (Å²) in [5.41, 5.74) is 0. The van der Waals surface area contributed by atoms with E-state index in [1.54, 1.807) is 32.0 Å². The van der Waals surface area contributed by atoms with Crippen LogP contribution in [0, 0.1) is 0 Å². The van der Waals surface area contributed by atoms with E-state index in [9.17, 15) is 13.0 Å². The molecule has 0 aromatic heterocycles. The molecule has 0 N–H and O–H groups in total. The predicted octanol–water partition coefficient (Wildman–Crippen LogP) is 2.62. The van der Waals surface area contributed by atoms with Crippen molar-refractivity contribution in [1.82, 2.24) is 0 Å². The monoisotopic (exact) mass is 308 g/mol. The van der Waals surface area contributed by atoms with Crippen LogP contribution in [-0.2, 0) is 27.9 Å². The zero-order valence-electron chi connectivity index (χ0n) is 10.8. The molecule has 0 atom stereocenters. The van der Waals surface area contributed by atoms with E-state index in [1.165, 1.54) is 12.1 Å². The fraction of sp³-hybridized carbons (Fsp3) is 0.455. The highest BCUT2D eigenvalue weighted by atomic mass is 32.2. The third kappa shape index (κ3) is 5.04. The van der Waals surface area contributed by atoms with Crippen molar-refractivity contribution in [3.63, 3.8) is 0 Å². The van der Waals surface area contributed by atoms with Crippen LogP contribution in [0.1, 0.15) is 13.8 Å². The molecule has 0 fully saturated rings. The summed E-state index contributed by atoms with van der Waals surface area (Å²) in [5.74, 6) is 0. The first kappa shape index (κ1) is 16.3. The maximum absolute atomic E-state index is 12.1. The molecule has 1 aromatic carbocycles. The lowest BCUT2D eigenvalue weighted by Gasteiger charge is -2.16. The van der Waals surface area contributed by atoms with E-state index in [0.717, 1.165) is 0 Å². The van der Waals surface area contributed by atoms with Crippen molar-refractivity contribution >= 4 is 17.7 Å². The molecule has 0 saturated carbocycles. The van der Waals surface area contributed by atoms with Crippen molar-refractivity contribution in [2.45, 2.75) is 18.7 Å². The summed E-state index contributed by atoms with van der Waals surface area (Å²) in [6, 6.07) is 7.61. The van der Waals surface area contributed by atoms with Crippen LogP contribution in [0.25, 0.3) is 0 Å². The smallest absolute Gasteiger partial charge is 0.307 e. The largest absolute Gasteiger partial charge is 0.357 e. The van der Waals surface area contributed by atoms with E-state index in [1.807, 2.05) is 0 Å². The maximum Gasteiger partial charge on any atom is 0.357 e. The van der Waals surface area contributed by atoms with Gasteiger partial charge in [-0.05, 0) is 26.0 Å². The molecule has 108 valence electrons. The van der Waals surface area contributed by atoms with Crippen molar-refractivity contribution in [3.05, 3.63) is 30.3 Å². The summed E-state index contributed by atoms with van der Waals surface area (Å²) in [4.78, 5) is -0.00505. The van der Waals surface area contributed by atoms with Crippen LogP contribution < -0.4 is 0 Å². The highest BCUT2D eigenvalue weighted by molar-refractivity contribution is 7.87. The Balaban J connectivity index is 2.77. The van der Waals surface area contributed by atoms with Gasteiger partial charge in [0.15, 0.2) is 6.35 Å². The average molecular weight is 308 g/mol. The molecule has 0 aliphatic rings. The molecule has 8 heteroatoms. The Morgan fingerprint density at radius 2 is 1.58 bits per heavy atom. The summed E-state index contributed by atoms with van der Waals surface area (Å²) in [7, 11) is -7.50. The summed E-state index contributed by atoms with van der Waals surface area (Å²) < 4.78 is 50.4. The van der Waals surface area contributed by atoms with Gasteiger partial charge in [-0.3, -0.25) is 8.75 Å². The minimum absolute atomic E-state index is 0.00505. The number of rotatable bonds is 8.